The van der Waals surface area contributed by atoms with Gasteiger partial charge in [0.1, 0.15) is 5.75 Å². The van der Waals surface area contributed by atoms with Gasteiger partial charge >= 0.3 is 7.12 Å². The molecule has 2 rings (SSSR count). The van der Waals surface area contributed by atoms with Crippen LogP contribution in [0, 0.1) is 6.92 Å². The van der Waals surface area contributed by atoms with E-state index in [2.05, 4.69) is 0 Å². The molecule has 4 heteroatoms. The highest BCUT2D eigenvalue weighted by molar-refractivity contribution is 6.59. The van der Waals surface area contributed by atoms with Crippen LogP contribution in [-0.2, 0) is 0 Å². The van der Waals surface area contributed by atoms with Gasteiger partial charge in [-0.3, -0.25) is 0 Å². The molecule has 0 amide bonds. The quantitative estimate of drug-likeness (QED) is 0.747. The Morgan fingerprint density at radius 3 is 2.50 bits per heavy atom. The van der Waals surface area contributed by atoms with E-state index in [9.17, 15) is 0 Å². The van der Waals surface area contributed by atoms with Crippen LogP contribution in [0.5, 0.6) is 5.75 Å². The van der Waals surface area contributed by atoms with Crippen molar-refractivity contribution in [2.45, 2.75) is 38.7 Å². The Kier molecular flexibility index (Phi) is 3.51. The predicted octanol–water partition coefficient (Wildman–Crippen LogP) is 0.996. The lowest BCUT2D eigenvalue weighted by molar-refractivity contribution is 0.210. The first-order chi connectivity index (χ1) is 7.66. The van der Waals surface area contributed by atoms with Crippen molar-refractivity contribution in [3.63, 3.8) is 0 Å². The van der Waals surface area contributed by atoms with Crippen LogP contribution in [0.2, 0.25) is 0 Å². The molecule has 2 N–H and O–H groups in total. The summed E-state index contributed by atoms with van der Waals surface area (Å²) in [5.41, 5.74) is 1.39. The van der Waals surface area contributed by atoms with Gasteiger partial charge in [-0.05, 0) is 55.8 Å². The number of aryl methyl sites for hydroxylation is 1. The van der Waals surface area contributed by atoms with E-state index in [1.165, 1.54) is 12.8 Å². The second kappa shape index (κ2) is 4.89. The standard InChI is InChI=1S/C12H17BO3/c1-9-8-11(6-7-12(9)13(14)15)16-10-4-2-3-5-10/h6-8,10,14-15H,2-5H2,1H3. The summed E-state index contributed by atoms with van der Waals surface area (Å²) in [6, 6.07) is 5.39. The molecule has 1 aliphatic carbocycles. The Balaban J connectivity index is 2.08. The molecule has 1 saturated carbocycles. The fourth-order valence-corrected chi connectivity index (χ4v) is 2.21. The molecule has 0 heterocycles. The third kappa shape index (κ3) is 2.57. The van der Waals surface area contributed by atoms with E-state index in [4.69, 9.17) is 14.8 Å². The van der Waals surface area contributed by atoms with Crippen LogP contribution in [-0.4, -0.2) is 23.3 Å². The summed E-state index contributed by atoms with van der Waals surface area (Å²) < 4.78 is 5.83. The summed E-state index contributed by atoms with van der Waals surface area (Å²) in [5, 5.41) is 18.2. The zero-order chi connectivity index (χ0) is 11.5. The molecular formula is C12H17BO3. The smallest absolute Gasteiger partial charge is 0.488 e. The summed E-state index contributed by atoms with van der Waals surface area (Å²) in [7, 11) is -1.40. The van der Waals surface area contributed by atoms with Crippen LogP contribution in [0.25, 0.3) is 0 Å². The molecule has 0 atom stereocenters. The van der Waals surface area contributed by atoms with Gasteiger partial charge in [-0.2, -0.15) is 0 Å². The van der Waals surface area contributed by atoms with Crippen LogP contribution in [0.1, 0.15) is 31.2 Å². The molecule has 0 bridgehead atoms. The van der Waals surface area contributed by atoms with Crippen LogP contribution >= 0.6 is 0 Å². The fraction of sp³-hybridized carbons (Fsp3) is 0.500. The molecule has 1 aromatic rings. The molecule has 1 fully saturated rings. The minimum Gasteiger partial charge on any atom is -0.490 e. The highest BCUT2D eigenvalue weighted by Crippen LogP contribution is 2.24. The molecule has 0 aromatic heterocycles. The van der Waals surface area contributed by atoms with Gasteiger partial charge in [0, 0.05) is 0 Å². The van der Waals surface area contributed by atoms with E-state index in [1.54, 1.807) is 12.1 Å². The van der Waals surface area contributed by atoms with Gasteiger partial charge in [0.05, 0.1) is 6.10 Å². The summed E-state index contributed by atoms with van der Waals surface area (Å²) in [6.45, 7) is 1.86. The summed E-state index contributed by atoms with van der Waals surface area (Å²) >= 11 is 0. The Morgan fingerprint density at radius 1 is 1.25 bits per heavy atom. The molecule has 1 aromatic carbocycles. The summed E-state index contributed by atoms with van der Waals surface area (Å²) in [6.07, 6.45) is 5.09. The van der Waals surface area contributed by atoms with Crippen LogP contribution in [0.15, 0.2) is 18.2 Å². The lowest BCUT2D eigenvalue weighted by Crippen LogP contribution is -2.32. The highest BCUT2D eigenvalue weighted by atomic mass is 16.5. The van der Waals surface area contributed by atoms with Gasteiger partial charge in [-0.15, -0.1) is 0 Å². The SMILES string of the molecule is Cc1cc(OC2CCCC2)ccc1B(O)O. The lowest BCUT2D eigenvalue weighted by atomic mass is 9.77. The first kappa shape index (κ1) is 11.5. The van der Waals surface area contributed by atoms with Crippen molar-refractivity contribution in [3.8, 4) is 5.75 Å². The molecule has 0 unspecified atom stereocenters. The van der Waals surface area contributed by atoms with Crippen molar-refractivity contribution < 1.29 is 14.8 Å². The van der Waals surface area contributed by atoms with Gasteiger partial charge in [0.2, 0.25) is 0 Å². The normalized spacial score (nSPS) is 16.4. The van der Waals surface area contributed by atoms with Crippen molar-refractivity contribution in [2.75, 3.05) is 0 Å². The molecule has 3 nitrogen and oxygen atoms in total. The van der Waals surface area contributed by atoms with E-state index in [0.29, 0.717) is 11.6 Å². The largest absolute Gasteiger partial charge is 0.490 e. The lowest BCUT2D eigenvalue weighted by Gasteiger charge is -2.14. The Hall–Kier alpha value is -0.995. The first-order valence-electron chi connectivity index (χ1n) is 5.80. The van der Waals surface area contributed by atoms with Crippen LogP contribution in [0.4, 0.5) is 0 Å². The molecule has 86 valence electrons. The molecule has 16 heavy (non-hydrogen) atoms. The first-order valence-corrected chi connectivity index (χ1v) is 5.80. The van der Waals surface area contributed by atoms with Gasteiger partial charge in [0.15, 0.2) is 0 Å². The molecule has 0 spiro atoms. The monoisotopic (exact) mass is 220 g/mol. The van der Waals surface area contributed by atoms with E-state index < -0.39 is 7.12 Å². The minimum atomic E-state index is -1.40. The average Bonchev–Trinajstić information content (AvgIpc) is 2.70. The van der Waals surface area contributed by atoms with Crippen LogP contribution in [0.3, 0.4) is 0 Å². The maximum Gasteiger partial charge on any atom is 0.488 e. The fourth-order valence-electron chi connectivity index (χ4n) is 2.21. The van der Waals surface area contributed by atoms with Crippen molar-refractivity contribution in [1.29, 1.82) is 0 Å². The average molecular weight is 220 g/mol. The number of hydrogen-bond acceptors (Lipinski definition) is 3. The molecule has 1 aliphatic rings. The Morgan fingerprint density at radius 2 is 1.94 bits per heavy atom. The molecule has 0 radical (unpaired) electrons. The summed E-state index contributed by atoms with van der Waals surface area (Å²) in [4.78, 5) is 0. The van der Waals surface area contributed by atoms with Crippen molar-refractivity contribution in [3.05, 3.63) is 23.8 Å². The number of ether oxygens (including phenoxy) is 1. The van der Waals surface area contributed by atoms with Gasteiger partial charge in [-0.25, -0.2) is 0 Å². The van der Waals surface area contributed by atoms with Crippen LogP contribution < -0.4 is 10.2 Å². The highest BCUT2D eigenvalue weighted by Gasteiger charge is 2.18. The van der Waals surface area contributed by atoms with E-state index in [-0.39, 0.29) is 0 Å². The van der Waals surface area contributed by atoms with E-state index in [0.717, 1.165) is 24.2 Å². The van der Waals surface area contributed by atoms with Gasteiger partial charge in [0.25, 0.3) is 0 Å². The van der Waals surface area contributed by atoms with Crippen molar-refractivity contribution >= 4 is 12.6 Å². The predicted molar refractivity (Wildman–Crippen MR) is 63.9 cm³/mol. The maximum atomic E-state index is 9.09. The van der Waals surface area contributed by atoms with Crippen molar-refractivity contribution in [1.82, 2.24) is 0 Å². The molecular weight excluding hydrogens is 203 g/mol. The van der Waals surface area contributed by atoms with Gasteiger partial charge < -0.3 is 14.8 Å². The third-order valence-electron chi connectivity index (χ3n) is 3.12. The number of rotatable bonds is 3. The zero-order valence-corrected chi connectivity index (χ0v) is 9.52. The van der Waals surface area contributed by atoms with E-state index in [1.807, 2.05) is 13.0 Å². The second-order valence-corrected chi connectivity index (χ2v) is 4.42. The summed E-state index contributed by atoms with van der Waals surface area (Å²) in [5.74, 6) is 0.828. The minimum absolute atomic E-state index is 0.337. The number of benzene rings is 1. The Bertz CT molecular complexity index is 359. The van der Waals surface area contributed by atoms with Crippen molar-refractivity contribution in [2.24, 2.45) is 0 Å². The zero-order valence-electron chi connectivity index (χ0n) is 9.52. The number of hydrogen-bond donors (Lipinski definition) is 2. The third-order valence-corrected chi connectivity index (χ3v) is 3.12. The molecule has 0 aliphatic heterocycles. The second-order valence-electron chi connectivity index (χ2n) is 4.42. The molecule has 0 saturated heterocycles. The maximum absolute atomic E-state index is 9.09. The Labute approximate surface area is 96.2 Å². The van der Waals surface area contributed by atoms with E-state index >= 15 is 0 Å². The van der Waals surface area contributed by atoms with Gasteiger partial charge in [-0.1, -0.05) is 6.07 Å². The topological polar surface area (TPSA) is 49.7 Å².